The molecule has 0 fully saturated rings. The van der Waals surface area contributed by atoms with Gasteiger partial charge in [-0.3, -0.25) is 6.08 Å². The summed E-state index contributed by atoms with van der Waals surface area (Å²) in [4.78, 5) is 0. The van der Waals surface area contributed by atoms with Gasteiger partial charge in [-0.1, -0.05) is 62.1 Å². The fourth-order valence-corrected chi connectivity index (χ4v) is 5.38. The molecule has 0 saturated carbocycles. The van der Waals surface area contributed by atoms with Crippen molar-refractivity contribution in [1.29, 1.82) is 0 Å². The van der Waals surface area contributed by atoms with Crippen molar-refractivity contribution in [3.8, 4) is 16.9 Å². The van der Waals surface area contributed by atoms with Gasteiger partial charge in [0.1, 0.15) is 5.75 Å². The van der Waals surface area contributed by atoms with Crippen molar-refractivity contribution in [2.24, 2.45) is 0 Å². The Morgan fingerprint density at radius 1 is 0.684 bits per heavy atom. The van der Waals surface area contributed by atoms with E-state index in [0.29, 0.717) is 5.75 Å². The van der Waals surface area contributed by atoms with E-state index >= 15 is 0 Å². The van der Waals surface area contributed by atoms with E-state index in [1.165, 1.54) is 20.1 Å². The summed E-state index contributed by atoms with van der Waals surface area (Å²) >= 11 is 2.16. The Morgan fingerprint density at radius 2 is 1.16 bits per heavy atom. The van der Waals surface area contributed by atoms with Crippen LogP contribution in [0.25, 0.3) is 11.1 Å². The Morgan fingerprint density at radius 3 is 1.55 bits per heavy atom. The second-order valence-electron chi connectivity index (χ2n) is 9.47. The molecule has 0 unspecified atom stereocenters. The third kappa shape index (κ3) is 11.1. The van der Waals surface area contributed by atoms with E-state index in [0.717, 1.165) is 17.5 Å². The van der Waals surface area contributed by atoms with E-state index in [-0.39, 0.29) is 24.8 Å². The summed E-state index contributed by atoms with van der Waals surface area (Å²) in [5, 5.41) is 10.8. The predicted octanol–water partition coefficient (Wildman–Crippen LogP) is 9.26. The van der Waals surface area contributed by atoms with E-state index in [9.17, 15) is 5.11 Å². The number of phenols is 1. The Kier molecular flexibility index (Phi) is 15.2. The molecule has 38 heavy (non-hydrogen) atoms. The second kappa shape index (κ2) is 17.2. The van der Waals surface area contributed by atoms with Crippen molar-refractivity contribution in [2.75, 3.05) is 0 Å². The van der Waals surface area contributed by atoms with Crippen LogP contribution >= 0.6 is 24.8 Å². The van der Waals surface area contributed by atoms with Crippen LogP contribution in [-0.2, 0) is 20.0 Å². The first kappa shape index (κ1) is 33.6. The molecule has 0 bridgehead atoms. The van der Waals surface area contributed by atoms with Gasteiger partial charge in [-0.2, -0.15) is 6.08 Å². The Bertz CT molecular complexity index is 1260. The summed E-state index contributed by atoms with van der Waals surface area (Å²) in [6.45, 7) is 7.06. The number of allylic oxidation sites excluding steroid dienone is 4. The molecule has 5 heteroatoms. The number of rotatable bonds is 4. The average molecular weight is 595 g/mol. The molecule has 0 atom stereocenters. The van der Waals surface area contributed by atoms with Crippen LogP contribution in [0, 0.1) is 6.08 Å². The van der Waals surface area contributed by atoms with E-state index < -0.39 is 8.07 Å². The van der Waals surface area contributed by atoms with E-state index in [4.69, 9.17) is 0 Å². The fourth-order valence-electron chi connectivity index (χ4n) is 3.61. The summed E-state index contributed by atoms with van der Waals surface area (Å²) in [6.07, 6.45) is 8.82. The topological polar surface area (TPSA) is 20.2 Å². The van der Waals surface area contributed by atoms with Gasteiger partial charge in [0.25, 0.3) is 0 Å². The molecule has 4 aromatic rings. The normalized spacial score (nSPS) is 11.3. The molecule has 1 nitrogen and oxygen atoms in total. The van der Waals surface area contributed by atoms with Crippen molar-refractivity contribution in [3.05, 3.63) is 150 Å². The maximum atomic E-state index is 9.27. The van der Waals surface area contributed by atoms with Gasteiger partial charge >= 0.3 is 95.6 Å². The SMILES string of the molecule is C[Si](C)(C)C1=[C-]CC=C1.Cl.Cl.Oc1cccc(-c2ccccc2)c1.[Ti+]=[C](c1ccccc1)c1ccccc1. The van der Waals surface area contributed by atoms with E-state index in [1.54, 1.807) is 12.1 Å². The molecule has 0 spiro atoms. The third-order valence-corrected chi connectivity index (χ3v) is 8.44. The van der Waals surface area contributed by atoms with Gasteiger partial charge in [-0.25, -0.2) is 11.3 Å². The van der Waals surface area contributed by atoms with Crippen molar-refractivity contribution in [1.82, 2.24) is 0 Å². The molecular formula is C33H35Cl2OSiTi. The molecule has 0 heterocycles. The van der Waals surface area contributed by atoms with Gasteiger partial charge in [0.05, 0.1) is 0 Å². The minimum absolute atomic E-state index is 0. The summed E-state index contributed by atoms with van der Waals surface area (Å²) in [6, 6.07) is 38.2. The molecule has 1 aliphatic carbocycles. The van der Waals surface area contributed by atoms with Gasteiger partial charge < -0.3 is 5.11 Å². The quantitative estimate of drug-likeness (QED) is 0.185. The molecule has 0 amide bonds. The number of phenolic OH excluding ortho intramolecular Hbond substituents is 1. The molecule has 4 aromatic carbocycles. The molecule has 0 radical (unpaired) electrons. The molecule has 0 saturated heterocycles. The number of halogens is 2. The number of aromatic hydroxyl groups is 1. The van der Waals surface area contributed by atoms with Gasteiger partial charge in [-0.15, -0.1) is 31.2 Å². The Labute approximate surface area is 253 Å². The van der Waals surface area contributed by atoms with Gasteiger partial charge in [-0.05, 0) is 23.3 Å². The Hall–Kier alpha value is -2.46. The molecule has 1 aliphatic rings. The van der Waals surface area contributed by atoms with Crippen LogP contribution in [0.15, 0.2) is 133 Å². The number of hydrogen-bond acceptors (Lipinski definition) is 1. The monoisotopic (exact) mass is 593 g/mol. The van der Waals surface area contributed by atoms with Crippen LogP contribution in [0.4, 0.5) is 0 Å². The number of hydrogen-bond donors (Lipinski definition) is 1. The zero-order valence-electron chi connectivity index (χ0n) is 22.1. The standard InChI is InChI=1S/C13H10.C12H10O.C8H13Si.2ClH.Ti/c1-3-7-12(8-4-1)11-13-9-5-2-6-10-13;13-12-8-4-7-11(9-12)10-5-2-1-3-6-10;1-9(2,3)8-6-4-5-7-8;;;/h1-10H;1-9,13H;4,6H,5H2,1-3H3;2*1H;/q;;-1;;;+1. The summed E-state index contributed by atoms with van der Waals surface area (Å²) in [5.41, 5.74) is 4.75. The van der Waals surface area contributed by atoms with E-state index in [2.05, 4.69) is 106 Å². The van der Waals surface area contributed by atoms with Crippen molar-refractivity contribution >= 4 is 36.7 Å². The molecule has 195 valence electrons. The summed E-state index contributed by atoms with van der Waals surface area (Å²) in [7, 11) is -1.01. The second-order valence-corrected chi connectivity index (χ2v) is 15.3. The summed E-state index contributed by atoms with van der Waals surface area (Å²) in [5.74, 6) is 0.307. The molecule has 0 aliphatic heterocycles. The zero-order chi connectivity index (χ0) is 25.8. The third-order valence-electron chi connectivity index (χ3n) is 5.58. The van der Waals surface area contributed by atoms with Crippen molar-refractivity contribution < 1.29 is 25.1 Å². The fraction of sp³-hybridized carbons (Fsp3) is 0.121. The first-order chi connectivity index (χ1) is 17.3. The van der Waals surface area contributed by atoms with Crippen LogP contribution in [-0.4, -0.2) is 17.0 Å². The first-order valence-corrected chi connectivity index (χ1v) is 16.4. The van der Waals surface area contributed by atoms with Crippen LogP contribution in [0.2, 0.25) is 19.6 Å². The molecular weight excluding hydrogens is 559 g/mol. The van der Waals surface area contributed by atoms with Crippen LogP contribution < -0.4 is 0 Å². The maximum absolute atomic E-state index is 9.27. The van der Waals surface area contributed by atoms with Gasteiger partial charge in [0.15, 0.2) is 0 Å². The van der Waals surface area contributed by atoms with Crippen molar-refractivity contribution in [2.45, 2.75) is 26.1 Å². The first-order valence-electron chi connectivity index (χ1n) is 12.2. The van der Waals surface area contributed by atoms with Crippen LogP contribution in [0.3, 0.4) is 0 Å². The van der Waals surface area contributed by atoms with Gasteiger partial charge in [0, 0.05) is 8.07 Å². The van der Waals surface area contributed by atoms with E-state index in [1.807, 2.05) is 54.6 Å². The van der Waals surface area contributed by atoms with Crippen LogP contribution in [0.1, 0.15) is 17.5 Å². The average Bonchev–Trinajstić information content (AvgIpc) is 3.47. The zero-order valence-corrected chi connectivity index (χ0v) is 26.3. The molecule has 5 rings (SSSR count). The Balaban J connectivity index is 0.000000284. The summed E-state index contributed by atoms with van der Waals surface area (Å²) < 4.78 is 1.33. The van der Waals surface area contributed by atoms with Crippen LogP contribution in [0.5, 0.6) is 5.75 Å². The van der Waals surface area contributed by atoms with Crippen molar-refractivity contribution in [3.63, 3.8) is 0 Å². The number of benzene rings is 4. The molecule has 1 N–H and O–H groups in total. The minimum atomic E-state index is -1.01. The predicted molar refractivity (Wildman–Crippen MR) is 168 cm³/mol. The van der Waals surface area contributed by atoms with Gasteiger partial charge in [0.2, 0.25) is 0 Å². The molecule has 0 aromatic heterocycles.